The Morgan fingerprint density at radius 2 is 2.15 bits per heavy atom. The molecule has 2 aromatic heterocycles. The van der Waals surface area contributed by atoms with Crippen LogP contribution in [0.4, 0.5) is 5.82 Å². The first kappa shape index (κ1) is 17.0. The molecule has 26 heavy (non-hydrogen) atoms. The standard InChI is InChI=1S/C19H26BrN5O/c20-15-9-22-25-17(23-13-4-3-12(21)8-13)14-7-11(10-26)19(5-1-2-6-19)16(14)24-18(15)25/h9,11-13,23,26H,1-8,10,21H2/t11?,12-,13+/m1/s1. The van der Waals surface area contributed by atoms with Crippen LogP contribution in [-0.2, 0) is 11.8 Å². The van der Waals surface area contributed by atoms with E-state index in [0.29, 0.717) is 6.04 Å². The third-order valence-electron chi connectivity index (χ3n) is 6.94. The van der Waals surface area contributed by atoms with Crippen LogP contribution in [0.5, 0.6) is 0 Å². The average Bonchev–Trinajstić information content (AvgIpc) is 3.39. The zero-order valence-electron chi connectivity index (χ0n) is 14.9. The summed E-state index contributed by atoms with van der Waals surface area (Å²) in [6, 6.07) is 0.670. The summed E-state index contributed by atoms with van der Waals surface area (Å²) in [5.74, 6) is 1.33. The fourth-order valence-corrected chi connectivity index (χ4v) is 5.97. The number of rotatable bonds is 3. The lowest BCUT2D eigenvalue weighted by Crippen LogP contribution is -2.31. The minimum absolute atomic E-state index is 0.0397. The van der Waals surface area contributed by atoms with Crippen LogP contribution in [0.25, 0.3) is 5.65 Å². The van der Waals surface area contributed by atoms with Crippen molar-refractivity contribution in [3.63, 3.8) is 0 Å². The third kappa shape index (κ3) is 2.36. The average molecular weight is 420 g/mol. The fraction of sp³-hybridized carbons (Fsp3) is 0.684. The van der Waals surface area contributed by atoms with Gasteiger partial charge in [-0.15, -0.1) is 0 Å². The van der Waals surface area contributed by atoms with E-state index in [0.717, 1.165) is 54.5 Å². The minimum atomic E-state index is 0.0397. The van der Waals surface area contributed by atoms with E-state index in [2.05, 4.69) is 26.3 Å². The second-order valence-corrected chi connectivity index (χ2v) is 9.23. The van der Waals surface area contributed by atoms with Crippen molar-refractivity contribution in [2.24, 2.45) is 11.7 Å². The van der Waals surface area contributed by atoms with E-state index in [1.165, 1.54) is 24.1 Å². The molecule has 3 atom stereocenters. The number of hydrogen-bond acceptors (Lipinski definition) is 5. The monoisotopic (exact) mass is 419 g/mol. The maximum Gasteiger partial charge on any atom is 0.171 e. The van der Waals surface area contributed by atoms with E-state index in [-0.39, 0.29) is 24.0 Å². The van der Waals surface area contributed by atoms with Gasteiger partial charge >= 0.3 is 0 Å². The Balaban J connectivity index is 1.67. The highest BCUT2D eigenvalue weighted by molar-refractivity contribution is 9.10. The second kappa shape index (κ2) is 6.17. The molecular weight excluding hydrogens is 394 g/mol. The molecule has 0 amide bonds. The Labute approximate surface area is 161 Å². The van der Waals surface area contributed by atoms with Crippen molar-refractivity contribution in [1.82, 2.24) is 14.6 Å². The van der Waals surface area contributed by atoms with Gasteiger partial charge < -0.3 is 16.2 Å². The quantitative estimate of drug-likeness (QED) is 0.711. The number of nitrogens with two attached hydrogens (primary N) is 1. The minimum Gasteiger partial charge on any atom is -0.396 e. The number of nitrogens with one attached hydrogen (secondary N) is 1. The van der Waals surface area contributed by atoms with Crippen molar-refractivity contribution in [2.45, 2.75) is 68.9 Å². The first-order valence-electron chi connectivity index (χ1n) is 9.82. The van der Waals surface area contributed by atoms with Gasteiger partial charge in [0.25, 0.3) is 0 Å². The molecule has 2 saturated carbocycles. The van der Waals surface area contributed by atoms with E-state index < -0.39 is 0 Å². The number of hydrogen-bond donors (Lipinski definition) is 3. The van der Waals surface area contributed by atoms with Crippen molar-refractivity contribution in [3.05, 3.63) is 21.9 Å². The molecule has 3 aliphatic rings. The highest BCUT2D eigenvalue weighted by Crippen LogP contribution is 2.54. The lowest BCUT2D eigenvalue weighted by Gasteiger charge is -2.30. The first-order valence-corrected chi connectivity index (χ1v) is 10.6. The molecule has 5 rings (SSSR count). The van der Waals surface area contributed by atoms with Crippen LogP contribution in [0, 0.1) is 5.92 Å². The molecule has 3 aliphatic carbocycles. The smallest absolute Gasteiger partial charge is 0.171 e. The Morgan fingerprint density at radius 1 is 1.35 bits per heavy atom. The molecule has 4 N–H and O–H groups in total. The van der Waals surface area contributed by atoms with E-state index in [1.54, 1.807) is 0 Å². The lowest BCUT2D eigenvalue weighted by atomic mass is 9.76. The van der Waals surface area contributed by atoms with Crippen molar-refractivity contribution in [3.8, 4) is 0 Å². The van der Waals surface area contributed by atoms with Gasteiger partial charge in [-0.25, -0.2) is 4.98 Å². The molecular formula is C19H26BrN5O. The molecule has 2 fully saturated rings. The number of nitrogens with zero attached hydrogens (tertiary/aromatic N) is 3. The van der Waals surface area contributed by atoms with Crippen molar-refractivity contribution >= 4 is 27.4 Å². The van der Waals surface area contributed by atoms with Crippen LogP contribution in [-0.4, -0.2) is 38.4 Å². The van der Waals surface area contributed by atoms with Crippen LogP contribution in [0.3, 0.4) is 0 Å². The maximum absolute atomic E-state index is 10.1. The predicted octanol–water partition coefficient (Wildman–Crippen LogP) is 2.76. The lowest BCUT2D eigenvalue weighted by molar-refractivity contribution is 0.162. The fourth-order valence-electron chi connectivity index (χ4n) is 5.62. The summed E-state index contributed by atoms with van der Waals surface area (Å²) < 4.78 is 2.86. The zero-order valence-corrected chi connectivity index (χ0v) is 16.5. The summed E-state index contributed by atoms with van der Waals surface area (Å²) in [7, 11) is 0. The molecule has 6 nitrogen and oxygen atoms in total. The molecule has 0 bridgehead atoms. The van der Waals surface area contributed by atoms with Crippen LogP contribution in [0.1, 0.15) is 56.2 Å². The second-order valence-electron chi connectivity index (χ2n) is 8.38. The summed E-state index contributed by atoms with van der Waals surface area (Å²) in [4.78, 5) is 5.08. The Kier molecular flexibility index (Phi) is 4.03. The van der Waals surface area contributed by atoms with Crippen LogP contribution >= 0.6 is 15.9 Å². The first-order chi connectivity index (χ1) is 12.6. The molecule has 0 radical (unpaired) electrons. The summed E-state index contributed by atoms with van der Waals surface area (Å²) in [6.45, 7) is 0.230. The number of halogens is 1. The number of aromatic nitrogens is 3. The van der Waals surface area contributed by atoms with Crippen LogP contribution < -0.4 is 11.1 Å². The van der Waals surface area contributed by atoms with Gasteiger partial charge in [0, 0.05) is 29.7 Å². The van der Waals surface area contributed by atoms with Crippen LogP contribution in [0.15, 0.2) is 10.7 Å². The number of aliphatic hydroxyl groups is 1. The Morgan fingerprint density at radius 3 is 2.85 bits per heavy atom. The number of anilines is 1. The van der Waals surface area contributed by atoms with Gasteiger partial charge in [0.05, 0.1) is 16.4 Å². The number of fused-ring (bicyclic) bond motifs is 3. The van der Waals surface area contributed by atoms with Gasteiger partial charge in [-0.1, -0.05) is 12.8 Å². The molecule has 140 valence electrons. The van der Waals surface area contributed by atoms with E-state index >= 15 is 0 Å². The van der Waals surface area contributed by atoms with E-state index in [9.17, 15) is 5.11 Å². The molecule has 1 unspecified atom stereocenters. The van der Waals surface area contributed by atoms with Crippen LogP contribution in [0.2, 0.25) is 0 Å². The van der Waals surface area contributed by atoms with Gasteiger partial charge in [0.2, 0.25) is 0 Å². The topological polar surface area (TPSA) is 88.5 Å². The SMILES string of the molecule is N[C@@H]1CC[C@H](Nc2c3c(nc4c(Br)cnn24)C2(CCCC2)C(CO)C3)C1. The summed E-state index contributed by atoms with van der Waals surface area (Å²) in [5.41, 5.74) is 9.50. The molecule has 2 aromatic rings. The molecule has 7 heteroatoms. The third-order valence-corrected chi connectivity index (χ3v) is 7.50. The normalized spacial score (nSPS) is 29.7. The molecule has 2 heterocycles. The highest BCUT2D eigenvalue weighted by Gasteiger charge is 2.50. The summed E-state index contributed by atoms with van der Waals surface area (Å²) in [6.07, 6.45) is 10.6. The van der Waals surface area contributed by atoms with E-state index in [1.807, 2.05) is 10.7 Å². The highest BCUT2D eigenvalue weighted by atomic mass is 79.9. The predicted molar refractivity (Wildman–Crippen MR) is 104 cm³/mol. The molecule has 0 saturated heterocycles. The van der Waals surface area contributed by atoms with Crippen molar-refractivity contribution < 1.29 is 5.11 Å². The van der Waals surface area contributed by atoms with Gasteiger partial charge in [-0.2, -0.15) is 9.61 Å². The maximum atomic E-state index is 10.1. The van der Waals surface area contributed by atoms with Crippen molar-refractivity contribution in [1.29, 1.82) is 0 Å². The van der Waals surface area contributed by atoms with Gasteiger partial charge in [-0.05, 0) is 60.4 Å². The van der Waals surface area contributed by atoms with Gasteiger partial charge in [-0.3, -0.25) is 0 Å². The largest absolute Gasteiger partial charge is 0.396 e. The summed E-state index contributed by atoms with van der Waals surface area (Å²) >= 11 is 3.62. The number of aliphatic hydroxyl groups excluding tert-OH is 1. The zero-order chi connectivity index (χ0) is 17.9. The van der Waals surface area contributed by atoms with Crippen molar-refractivity contribution in [2.75, 3.05) is 11.9 Å². The molecule has 0 aliphatic heterocycles. The molecule has 1 spiro atoms. The Hall–Kier alpha value is -1.18. The summed E-state index contributed by atoms with van der Waals surface area (Å²) in [5, 5.41) is 18.5. The molecule has 0 aromatic carbocycles. The Bertz CT molecular complexity index is 844. The van der Waals surface area contributed by atoms with Gasteiger partial charge in [0.1, 0.15) is 5.82 Å². The van der Waals surface area contributed by atoms with E-state index in [4.69, 9.17) is 10.7 Å². The van der Waals surface area contributed by atoms with Gasteiger partial charge in [0.15, 0.2) is 5.65 Å².